The Labute approximate surface area is 138 Å². The molecule has 1 amide bonds. The van der Waals surface area contributed by atoms with Crippen LogP contribution >= 0.6 is 0 Å². The highest BCUT2D eigenvalue weighted by Gasteiger charge is 2.38. The van der Waals surface area contributed by atoms with Crippen molar-refractivity contribution >= 4 is 16.8 Å². The molecule has 1 aliphatic rings. The lowest BCUT2D eigenvalue weighted by molar-refractivity contribution is 0.0780. The fraction of sp³-hybridized carbons (Fsp3) is 0.474. The zero-order valence-corrected chi connectivity index (χ0v) is 14.4. The molecule has 2 aromatic rings. The first kappa shape index (κ1) is 15.9. The van der Waals surface area contributed by atoms with Gasteiger partial charge in [0.1, 0.15) is 0 Å². The van der Waals surface area contributed by atoms with Gasteiger partial charge in [0.05, 0.1) is 5.52 Å². The van der Waals surface area contributed by atoms with E-state index in [4.69, 9.17) is 0 Å². The summed E-state index contributed by atoms with van der Waals surface area (Å²) >= 11 is 0. The molecule has 0 bridgehead atoms. The van der Waals surface area contributed by atoms with Crippen LogP contribution in [0.5, 0.6) is 0 Å². The number of rotatable bonds is 3. The van der Waals surface area contributed by atoms with Crippen LogP contribution in [0.25, 0.3) is 10.9 Å². The molecule has 0 aliphatic carbocycles. The van der Waals surface area contributed by atoms with Crippen LogP contribution in [0.2, 0.25) is 0 Å². The van der Waals surface area contributed by atoms with E-state index in [-0.39, 0.29) is 5.91 Å². The molecule has 23 heavy (non-hydrogen) atoms. The highest BCUT2D eigenvalue weighted by molar-refractivity contribution is 5.98. The van der Waals surface area contributed by atoms with Crippen molar-refractivity contribution < 1.29 is 4.79 Å². The van der Waals surface area contributed by atoms with Crippen molar-refractivity contribution in [2.45, 2.75) is 19.9 Å². The molecule has 4 nitrogen and oxygen atoms in total. The van der Waals surface area contributed by atoms with Crippen molar-refractivity contribution in [2.75, 3.05) is 27.2 Å². The molecule has 3 rings (SSSR count). The minimum absolute atomic E-state index is 0.130. The number of hydrogen-bond acceptors (Lipinski definition) is 3. The predicted octanol–water partition coefficient (Wildman–Crippen LogP) is 2.89. The molecule has 2 unspecified atom stereocenters. The summed E-state index contributed by atoms with van der Waals surface area (Å²) in [6.45, 7) is 6.14. The van der Waals surface area contributed by atoms with Gasteiger partial charge in [-0.15, -0.1) is 0 Å². The summed E-state index contributed by atoms with van der Waals surface area (Å²) in [7, 11) is 4.21. The van der Waals surface area contributed by atoms with Gasteiger partial charge >= 0.3 is 0 Å². The van der Waals surface area contributed by atoms with Gasteiger partial charge in [0.15, 0.2) is 0 Å². The van der Waals surface area contributed by atoms with Crippen LogP contribution in [-0.2, 0) is 0 Å². The minimum Gasteiger partial charge on any atom is -0.337 e. The van der Waals surface area contributed by atoms with E-state index in [1.54, 1.807) is 6.20 Å². The Bertz CT molecular complexity index is 695. The second kappa shape index (κ2) is 6.28. The number of pyridine rings is 1. The molecule has 1 saturated heterocycles. The van der Waals surface area contributed by atoms with E-state index in [0.717, 1.165) is 29.6 Å². The third-order valence-electron chi connectivity index (χ3n) is 4.99. The average Bonchev–Trinajstić information content (AvgIpc) is 2.99. The summed E-state index contributed by atoms with van der Waals surface area (Å²) in [5.41, 5.74) is 1.68. The van der Waals surface area contributed by atoms with Gasteiger partial charge in [-0.25, -0.2) is 0 Å². The van der Waals surface area contributed by atoms with Gasteiger partial charge in [-0.3, -0.25) is 9.78 Å². The number of carbonyl (C=O) groups excluding carboxylic acids is 1. The monoisotopic (exact) mass is 311 g/mol. The second-order valence-corrected chi connectivity index (χ2v) is 7.06. The van der Waals surface area contributed by atoms with E-state index in [1.165, 1.54) is 0 Å². The molecular weight excluding hydrogens is 286 g/mol. The minimum atomic E-state index is 0.130. The van der Waals surface area contributed by atoms with E-state index < -0.39 is 0 Å². The van der Waals surface area contributed by atoms with Gasteiger partial charge in [-0.1, -0.05) is 19.9 Å². The number of nitrogens with zero attached hydrogens (tertiary/aromatic N) is 3. The van der Waals surface area contributed by atoms with Gasteiger partial charge in [0.25, 0.3) is 5.91 Å². The highest BCUT2D eigenvalue weighted by Crippen LogP contribution is 2.28. The molecule has 0 saturated carbocycles. The lowest BCUT2D eigenvalue weighted by Gasteiger charge is -2.27. The molecule has 2 atom stereocenters. The van der Waals surface area contributed by atoms with E-state index in [1.807, 2.05) is 35.2 Å². The van der Waals surface area contributed by atoms with E-state index in [9.17, 15) is 4.79 Å². The van der Waals surface area contributed by atoms with E-state index in [0.29, 0.717) is 17.9 Å². The van der Waals surface area contributed by atoms with E-state index in [2.05, 4.69) is 37.8 Å². The Balaban J connectivity index is 1.84. The van der Waals surface area contributed by atoms with Crippen LogP contribution in [-0.4, -0.2) is 53.9 Å². The third kappa shape index (κ3) is 3.08. The molecule has 2 heterocycles. The summed E-state index contributed by atoms with van der Waals surface area (Å²) in [5, 5.41) is 1.02. The van der Waals surface area contributed by atoms with Crippen molar-refractivity contribution in [3.05, 3.63) is 42.1 Å². The normalized spacial score (nSPS) is 21.6. The predicted molar refractivity (Wildman–Crippen MR) is 93.4 cm³/mol. The van der Waals surface area contributed by atoms with Crippen LogP contribution in [0.4, 0.5) is 0 Å². The third-order valence-corrected chi connectivity index (χ3v) is 4.99. The summed E-state index contributed by atoms with van der Waals surface area (Å²) in [4.78, 5) is 21.5. The molecular formula is C19H25N3O. The summed E-state index contributed by atoms with van der Waals surface area (Å²) < 4.78 is 0. The van der Waals surface area contributed by atoms with Crippen molar-refractivity contribution in [2.24, 2.45) is 11.8 Å². The van der Waals surface area contributed by atoms with Crippen LogP contribution < -0.4 is 0 Å². The quantitative estimate of drug-likeness (QED) is 0.874. The maximum Gasteiger partial charge on any atom is 0.253 e. The first-order valence-electron chi connectivity index (χ1n) is 8.28. The highest BCUT2D eigenvalue weighted by atomic mass is 16.2. The standard InChI is InChI=1S/C19H25N3O/c1-13(2)16-11-22(12-18(16)21(3)4)19(23)15-7-8-17-14(10-15)6-5-9-20-17/h5-10,13,16,18H,11-12H2,1-4H3. The zero-order chi connectivity index (χ0) is 16.6. The molecule has 1 fully saturated rings. The molecule has 1 aromatic heterocycles. The van der Waals surface area contributed by atoms with Crippen LogP contribution in [0.15, 0.2) is 36.5 Å². The first-order chi connectivity index (χ1) is 11.0. The molecule has 122 valence electrons. The molecule has 4 heteroatoms. The van der Waals surface area contributed by atoms with Crippen molar-refractivity contribution in [3.63, 3.8) is 0 Å². The van der Waals surface area contributed by atoms with Gasteiger partial charge in [-0.05, 0) is 50.2 Å². The molecule has 0 radical (unpaired) electrons. The Morgan fingerprint density at radius 1 is 1.26 bits per heavy atom. The van der Waals surface area contributed by atoms with E-state index >= 15 is 0 Å². The Kier molecular flexibility index (Phi) is 4.35. The molecule has 1 aliphatic heterocycles. The van der Waals surface area contributed by atoms with Crippen LogP contribution in [0.1, 0.15) is 24.2 Å². The first-order valence-corrected chi connectivity index (χ1v) is 8.28. The van der Waals surface area contributed by atoms with Gasteiger partial charge in [0, 0.05) is 36.3 Å². The maximum absolute atomic E-state index is 12.9. The van der Waals surface area contributed by atoms with Crippen molar-refractivity contribution in [1.82, 2.24) is 14.8 Å². The topological polar surface area (TPSA) is 36.4 Å². The van der Waals surface area contributed by atoms with Crippen molar-refractivity contribution in [1.29, 1.82) is 0 Å². The smallest absolute Gasteiger partial charge is 0.253 e. The Hall–Kier alpha value is -1.94. The number of hydrogen-bond donors (Lipinski definition) is 0. The number of likely N-dealkylation sites (tertiary alicyclic amines) is 1. The summed E-state index contributed by atoms with van der Waals surface area (Å²) in [5.74, 6) is 1.22. The Morgan fingerprint density at radius 3 is 2.70 bits per heavy atom. The number of carbonyl (C=O) groups is 1. The molecule has 1 aromatic carbocycles. The lowest BCUT2D eigenvalue weighted by atomic mass is 9.91. The van der Waals surface area contributed by atoms with Crippen LogP contribution in [0.3, 0.4) is 0 Å². The summed E-state index contributed by atoms with van der Waals surface area (Å²) in [6.07, 6.45) is 1.78. The van der Waals surface area contributed by atoms with Gasteiger partial charge < -0.3 is 9.80 Å². The average molecular weight is 311 g/mol. The fourth-order valence-electron chi connectivity index (χ4n) is 3.57. The fourth-order valence-corrected chi connectivity index (χ4v) is 3.57. The zero-order valence-electron chi connectivity index (χ0n) is 14.4. The molecule has 0 spiro atoms. The summed E-state index contributed by atoms with van der Waals surface area (Å²) in [6, 6.07) is 10.1. The maximum atomic E-state index is 12.9. The number of fused-ring (bicyclic) bond motifs is 1. The number of benzene rings is 1. The number of amides is 1. The molecule has 0 N–H and O–H groups in total. The van der Waals surface area contributed by atoms with Crippen LogP contribution in [0, 0.1) is 11.8 Å². The van der Waals surface area contributed by atoms with Gasteiger partial charge in [-0.2, -0.15) is 0 Å². The van der Waals surface area contributed by atoms with Gasteiger partial charge in [0.2, 0.25) is 0 Å². The van der Waals surface area contributed by atoms with Crippen molar-refractivity contribution in [3.8, 4) is 0 Å². The second-order valence-electron chi connectivity index (χ2n) is 7.06. The Morgan fingerprint density at radius 2 is 2.04 bits per heavy atom. The largest absolute Gasteiger partial charge is 0.337 e. The number of aromatic nitrogens is 1. The number of likely N-dealkylation sites (N-methyl/N-ethyl adjacent to an activating group) is 1. The lowest BCUT2D eigenvalue weighted by Crippen LogP contribution is -2.37. The SMILES string of the molecule is CC(C)C1CN(C(=O)c2ccc3ncccc3c2)CC1N(C)C.